The highest BCUT2D eigenvalue weighted by molar-refractivity contribution is 5.95. The van der Waals surface area contributed by atoms with Gasteiger partial charge in [0.25, 0.3) is 5.91 Å². The molecule has 0 radical (unpaired) electrons. The van der Waals surface area contributed by atoms with Crippen molar-refractivity contribution < 1.29 is 19.4 Å². The molecule has 2 atom stereocenters. The highest BCUT2D eigenvalue weighted by atomic mass is 16.5. The zero-order valence-electron chi connectivity index (χ0n) is 12.8. The van der Waals surface area contributed by atoms with Gasteiger partial charge in [0.2, 0.25) is 5.88 Å². The van der Waals surface area contributed by atoms with Crippen molar-refractivity contribution in [2.24, 2.45) is 5.92 Å². The first-order valence-electron chi connectivity index (χ1n) is 7.05. The van der Waals surface area contributed by atoms with E-state index in [2.05, 4.69) is 15.3 Å². The lowest BCUT2D eigenvalue weighted by Gasteiger charge is -2.17. The third kappa shape index (κ3) is 4.50. The lowest BCUT2D eigenvalue weighted by atomic mass is 10.0. The molecule has 120 valence electrons. The van der Waals surface area contributed by atoms with E-state index in [4.69, 9.17) is 9.84 Å². The molecule has 2 N–H and O–H groups in total. The van der Waals surface area contributed by atoms with E-state index >= 15 is 0 Å². The predicted molar refractivity (Wildman–Crippen MR) is 82.3 cm³/mol. The van der Waals surface area contributed by atoms with Crippen molar-refractivity contribution in [1.29, 1.82) is 0 Å². The van der Waals surface area contributed by atoms with E-state index in [1.807, 2.05) is 0 Å². The summed E-state index contributed by atoms with van der Waals surface area (Å²) in [5, 5.41) is 11.6. The van der Waals surface area contributed by atoms with Crippen LogP contribution in [0, 0.1) is 5.92 Å². The van der Waals surface area contributed by atoms with Crippen molar-refractivity contribution in [1.82, 2.24) is 15.3 Å². The van der Waals surface area contributed by atoms with Gasteiger partial charge in [-0.25, -0.2) is 4.98 Å². The van der Waals surface area contributed by atoms with Gasteiger partial charge in [0.15, 0.2) is 0 Å². The molecule has 0 aliphatic carbocycles. The lowest BCUT2D eigenvalue weighted by Crippen LogP contribution is -2.40. The molecule has 1 heterocycles. The minimum Gasteiger partial charge on any atom is -0.481 e. The number of ether oxygens (including phenoxy) is 1. The number of aromatic nitrogens is 2. The number of carboxylic acids is 1. The molecule has 0 bridgehead atoms. The molecule has 2 unspecified atom stereocenters. The van der Waals surface area contributed by atoms with Crippen LogP contribution in [0.5, 0.6) is 11.6 Å². The van der Waals surface area contributed by atoms with Gasteiger partial charge in [-0.2, -0.15) is 0 Å². The first kappa shape index (κ1) is 16.4. The predicted octanol–water partition coefficient (Wildman–Crippen LogP) is 2.11. The average Bonchev–Trinajstić information content (AvgIpc) is 2.55. The number of aliphatic carboxylic acids is 1. The maximum atomic E-state index is 12.2. The highest BCUT2D eigenvalue weighted by Crippen LogP contribution is 2.19. The van der Waals surface area contributed by atoms with Gasteiger partial charge in [0, 0.05) is 24.0 Å². The number of benzene rings is 1. The molecule has 2 rings (SSSR count). The van der Waals surface area contributed by atoms with Gasteiger partial charge < -0.3 is 15.2 Å². The Hall–Kier alpha value is -2.96. The number of carbonyl (C=O) groups excluding carboxylic acids is 1. The fraction of sp³-hybridized carbons (Fsp3) is 0.250. The van der Waals surface area contributed by atoms with Crippen LogP contribution >= 0.6 is 0 Å². The lowest BCUT2D eigenvalue weighted by molar-refractivity contribution is -0.141. The molecule has 0 aliphatic heterocycles. The Morgan fingerprint density at radius 1 is 1.26 bits per heavy atom. The van der Waals surface area contributed by atoms with Gasteiger partial charge >= 0.3 is 5.97 Å². The second-order valence-corrected chi connectivity index (χ2v) is 5.06. The smallest absolute Gasteiger partial charge is 0.308 e. The van der Waals surface area contributed by atoms with Crippen LogP contribution in [-0.4, -0.2) is 33.0 Å². The van der Waals surface area contributed by atoms with Crippen molar-refractivity contribution in [2.45, 2.75) is 19.9 Å². The summed E-state index contributed by atoms with van der Waals surface area (Å²) in [5.74, 6) is -1.25. The molecule has 0 fully saturated rings. The molecule has 23 heavy (non-hydrogen) atoms. The van der Waals surface area contributed by atoms with Crippen LogP contribution in [0.25, 0.3) is 0 Å². The summed E-state index contributed by atoms with van der Waals surface area (Å²) >= 11 is 0. The van der Waals surface area contributed by atoms with Crippen LogP contribution in [0.4, 0.5) is 0 Å². The zero-order valence-corrected chi connectivity index (χ0v) is 12.8. The molecule has 0 saturated carbocycles. The van der Waals surface area contributed by atoms with Crippen LogP contribution in [-0.2, 0) is 4.79 Å². The number of rotatable bonds is 6. The molecule has 7 heteroatoms. The number of carboxylic acid groups (broad SMARTS) is 1. The zero-order chi connectivity index (χ0) is 16.8. The number of amides is 1. The summed E-state index contributed by atoms with van der Waals surface area (Å²) < 4.78 is 5.51. The number of hydrogen-bond acceptors (Lipinski definition) is 5. The second kappa shape index (κ2) is 7.35. The molecule has 1 amide bonds. The van der Waals surface area contributed by atoms with Gasteiger partial charge in [-0.05, 0) is 32.0 Å². The van der Waals surface area contributed by atoms with Crippen molar-refractivity contribution >= 4 is 11.9 Å². The fourth-order valence-corrected chi connectivity index (χ4v) is 1.79. The normalized spacial score (nSPS) is 13.0. The number of nitrogens with one attached hydrogen (secondary N) is 1. The number of carbonyl (C=O) groups is 2. The monoisotopic (exact) mass is 315 g/mol. The van der Waals surface area contributed by atoms with Gasteiger partial charge in [-0.1, -0.05) is 6.07 Å². The van der Waals surface area contributed by atoms with E-state index in [0.717, 1.165) is 0 Å². The SMILES string of the molecule is CC(NC(=O)c1cccc(Oc2cnccn2)c1)C(C)C(=O)O. The van der Waals surface area contributed by atoms with E-state index in [1.165, 1.54) is 18.6 Å². The van der Waals surface area contributed by atoms with E-state index in [1.54, 1.807) is 38.1 Å². The fourth-order valence-electron chi connectivity index (χ4n) is 1.79. The van der Waals surface area contributed by atoms with Crippen molar-refractivity contribution in [2.75, 3.05) is 0 Å². The molecule has 0 aliphatic rings. The summed E-state index contributed by atoms with van der Waals surface area (Å²) in [6.45, 7) is 3.19. The average molecular weight is 315 g/mol. The number of nitrogens with zero attached hydrogens (tertiary/aromatic N) is 2. The molecule has 2 aromatic rings. The summed E-state index contributed by atoms with van der Waals surface area (Å²) in [6, 6.07) is 6.05. The molecular weight excluding hydrogens is 298 g/mol. The van der Waals surface area contributed by atoms with Crippen molar-refractivity contribution in [3.63, 3.8) is 0 Å². The Bertz CT molecular complexity index is 691. The Morgan fingerprint density at radius 3 is 2.70 bits per heavy atom. The van der Waals surface area contributed by atoms with Crippen LogP contribution in [0.3, 0.4) is 0 Å². The summed E-state index contributed by atoms with van der Waals surface area (Å²) in [5.41, 5.74) is 0.371. The topological polar surface area (TPSA) is 101 Å². The summed E-state index contributed by atoms with van der Waals surface area (Å²) in [6.07, 6.45) is 4.49. The van der Waals surface area contributed by atoms with Crippen LogP contribution in [0.15, 0.2) is 42.9 Å². The first-order valence-corrected chi connectivity index (χ1v) is 7.05. The minimum atomic E-state index is -0.961. The van der Waals surface area contributed by atoms with Gasteiger partial charge in [0.05, 0.1) is 12.1 Å². The maximum absolute atomic E-state index is 12.2. The molecular formula is C16H17N3O4. The Labute approximate surface area is 133 Å². The summed E-state index contributed by atoms with van der Waals surface area (Å²) in [7, 11) is 0. The molecule has 1 aromatic carbocycles. The molecule has 0 saturated heterocycles. The Morgan fingerprint density at radius 2 is 2.04 bits per heavy atom. The van der Waals surface area contributed by atoms with Gasteiger partial charge in [0.1, 0.15) is 5.75 Å². The number of hydrogen-bond donors (Lipinski definition) is 2. The van der Waals surface area contributed by atoms with E-state index < -0.39 is 17.9 Å². The van der Waals surface area contributed by atoms with Crippen LogP contribution < -0.4 is 10.1 Å². The van der Waals surface area contributed by atoms with Crippen molar-refractivity contribution in [3.8, 4) is 11.6 Å². The van der Waals surface area contributed by atoms with E-state index in [9.17, 15) is 9.59 Å². The minimum absolute atomic E-state index is 0.318. The van der Waals surface area contributed by atoms with Crippen molar-refractivity contribution in [3.05, 3.63) is 48.4 Å². The first-order chi connectivity index (χ1) is 11.0. The Balaban J connectivity index is 2.07. The third-order valence-electron chi connectivity index (χ3n) is 3.36. The van der Waals surface area contributed by atoms with Crippen LogP contribution in [0.1, 0.15) is 24.2 Å². The standard InChI is InChI=1S/C16H17N3O4/c1-10(16(21)22)11(2)19-15(20)12-4-3-5-13(8-12)23-14-9-17-6-7-18-14/h3-11H,1-2H3,(H,19,20)(H,21,22). The molecule has 1 aromatic heterocycles. The van der Waals surface area contributed by atoms with E-state index in [-0.39, 0.29) is 5.91 Å². The molecule has 7 nitrogen and oxygen atoms in total. The third-order valence-corrected chi connectivity index (χ3v) is 3.36. The van der Waals surface area contributed by atoms with E-state index in [0.29, 0.717) is 17.2 Å². The van der Waals surface area contributed by atoms with Gasteiger partial charge in [-0.3, -0.25) is 14.6 Å². The highest BCUT2D eigenvalue weighted by Gasteiger charge is 2.21. The van der Waals surface area contributed by atoms with Crippen LogP contribution in [0.2, 0.25) is 0 Å². The van der Waals surface area contributed by atoms with Gasteiger partial charge in [-0.15, -0.1) is 0 Å². The quantitative estimate of drug-likeness (QED) is 0.846. The summed E-state index contributed by atoms with van der Waals surface area (Å²) in [4.78, 5) is 31.0. The second-order valence-electron chi connectivity index (χ2n) is 5.06. The Kier molecular flexibility index (Phi) is 5.24. The maximum Gasteiger partial charge on any atom is 0.308 e. The molecule has 0 spiro atoms. The largest absolute Gasteiger partial charge is 0.481 e.